The van der Waals surface area contributed by atoms with Crippen molar-refractivity contribution in [1.82, 2.24) is 0 Å². The first-order chi connectivity index (χ1) is 8.99. The van der Waals surface area contributed by atoms with E-state index in [4.69, 9.17) is 9.84 Å². The summed E-state index contributed by atoms with van der Waals surface area (Å²) >= 11 is 0. The monoisotopic (exact) mass is 289 g/mol. The molecule has 0 aromatic rings. The maximum Gasteiger partial charge on any atom is 0.306 e. The Labute approximate surface area is 118 Å². The number of carboxylic acids is 2. The summed E-state index contributed by atoms with van der Waals surface area (Å²) in [6.45, 7) is 1.97. The Morgan fingerprint density at radius 3 is 2.10 bits per heavy atom. The van der Waals surface area contributed by atoms with Gasteiger partial charge >= 0.3 is 11.9 Å². The summed E-state index contributed by atoms with van der Waals surface area (Å²) in [6.07, 6.45) is -1.32. The summed E-state index contributed by atoms with van der Waals surface area (Å²) in [4.78, 5) is 32.8. The maximum absolute atomic E-state index is 11.7. The first kappa shape index (κ1) is 18.4. The Bertz CT molecular complexity index is 360. The Kier molecular flexibility index (Phi) is 7.20. The number of hydrogen-bond donors (Lipinski definition) is 1. The average molecular weight is 289 g/mol. The predicted octanol–water partition coefficient (Wildman–Crippen LogP) is -0.755. The fraction of sp³-hybridized carbons (Fsp3) is 0.769. The van der Waals surface area contributed by atoms with Crippen molar-refractivity contribution in [3.05, 3.63) is 0 Å². The van der Waals surface area contributed by atoms with Gasteiger partial charge in [-0.2, -0.15) is 0 Å². The van der Waals surface area contributed by atoms with Gasteiger partial charge in [-0.25, -0.2) is 0 Å². The van der Waals surface area contributed by atoms with Crippen LogP contribution in [0.4, 0.5) is 0 Å². The molecule has 1 unspecified atom stereocenters. The molecule has 0 rings (SSSR count). The lowest BCUT2D eigenvalue weighted by atomic mass is 10.0. The Hall–Kier alpha value is -1.63. The van der Waals surface area contributed by atoms with E-state index in [0.29, 0.717) is 11.0 Å². The Morgan fingerprint density at radius 2 is 1.70 bits per heavy atom. The molecule has 2 atom stereocenters. The summed E-state index contributed by atoms with van der Waals surface area (Å²) in [5.74, 6) is -3.20. The molecule has 0 saturated heterocycles. The third-order valence-corrected chi connectivity index (χ3v) is 2.48. The summed E-state index contributed by atoms with van der Waals surface area (Å²) in [5.41, 5.74) is 0. The Morgan fingerprint density at radius 1 is 1.15 bits per heavy atom. The van der Waals surface area contributed by atoms with E-state index in [1.807, 2.05) is 21.1 Å². The molecule has 0 radical (unpaired) electrons. The highest BCUT2D eigenvalue weighted by Gasteiger charge is 2.23. The van der Waals surface area contributed by atoms with Gasteiger partial charge < -0.3 is 24.2 Å². The highest BCUT2D eigenvalue weighted by Crippen LogP contribution is 2.12. The van der Waals surface area contributed by atoms with Crippen LogP contribution in [-0.4, -0.2) is 61.3 Å². The second-order valence-corrected chi connectivity index (χ2v) is 6.07. The summed E-state index contributed by atoms with van der Waals surface area (Å²) < 4.78 is 5.56. The number of rotatable bonds is 9. The molecule has 0 aliphatic heterocycles. The number of esters is 1. The lowest BCUT2D eigenvalue weighted by molar-refractivity contribution is -0.873. The highest BCUT2D eigenvalue weighted by atomic mass is 16.5. The van der Waals surface area contributed by atoms with Gasteiger partial charge in [-0.3, -0.25) is 9.59 Å². The number of likely N-dealkylation sites (N-methyl/N-ethyl adjacent to an activating group) is 1. The number of hydrogen-bond acceptors (Lipinski definition) is 5. The van der Waals surface area contributed by atoms with E-state index in [0.717, 1.165) is 0 Å². The molecule has 7 nitrogen and oxygen atoms in total. The van der Waals surface area contributed by atoms with E-state index in [1.54, 1.807) is 6.92 Å². The third-order valence-electron chi connectivity index (χ3n) is 2.48. The first-order valence-corrected chi connectivity index (χ1v) is 6.41. The van der Waals surface area contributed by atoms with Crippen LogP contribution in [0.15, 0.2) is 0 Å². The SMILES string of the molecule is CC(CC(=O)O)CC(=O)O[C@H](CC(=O)[O-])C[N+](C)(C)C. The number of carbonyl (C=O) groups excluding carboxylic acids is 2. The van der Waals surface area contributed by atoms with Crippen molar-refractivity contribution in [2.24, 2.45) is 5.92 Å². The van der Waals surface area contributed by atoms with E-state index >= 15 is 0 Å². The van der Waals surface area contributed by atoms with Gasteiger partial charge in [0.05, 0.1) is 21.1 Å². The minimum Gasteiger partial charge on any atom is -0.550 e. The van der Waals surface area contributed by atoms with Crippen LogP contribution in [-0.2, 0) is 19.1 Å². The molecule has 0 aromatic heterocycles. The van der Waals surface area contributed by atoms with Crippen LogP contribution < -0.4 is 5.11 Å². The van der Waals surface area contributed by atoms with Crippen LogP contribution in [0.1, 0.15) is 26.2 Å². The summed E-state index contributed by atoms with van der Waals surface area (Å²) in [6, 6.07) is 0. The number of carbonyl (C=O) groups is 3. The molecule has 0 heterocycles. The molecule has 0 aliphatic carbocycles. The number of quaternary nitrogens is 1. The topological polar surface area (TPSA) is 104 Å². The van der Waals surface area contributed by atoms with Crippen LogP contribution >= 0.6 is 0 Å². The van der Waals surface area contributed by atoms with Crippen molar-refractivity contribution in [3.8, 4) is 0 Å². The van der Waals surface area contributed by atoms with Crippen LogP contribution in [0.2, 0.25) is 0 Å². The molecular formula is C13H23NO6. The fourth-order valence-corrected chi connectivity index (χ4v) is 1.83. The smallest absolute Gasteiger partial charge is 0.306 e. The number of carboxylic acid groups (broad SMARTS) is 2. The maximum atomic E-state index is 11.7. The fourth-order valence-electron chi connectivity index (χ4n) is 1.83. The van der Waals surface area contributed by atoms with Crippen molar-refractivity contribution < 1.29 is 33.8 Å². The Balaban J connectivity index is 4.45. The lowest BCUT2D eigenvalue weighted by Gasteiger charge is -2.29. The number of ether oxygens (including phenoxy) is 1. The van der Waals surface area contributed by atoms with E-state index in [-0.39, 0.29) is 25.2 Å². The molecule has 0 spiro atoms. The van der Waals surface area contributed by atoms with Gasteiger partial charge in [0.1, 0.15) is 6.54 Å². The van der Waals surface area contributed by atoms with E-state index in [1.165, 1.54) is 0 Å². The van der Waals surface area contributed by atoms with Gasteiger partial charge in [0, 0.05) is 25.2 Å². The van der Waals surface area contributed by atoms with Crippen LogP contribution in [0.5, 0.6) is 0 Å². The van der Waals surface area contributed by atoms with E-state index in [2.05, 4.69) is 0 Å². The molecule has 0 saturated carbocycles. The highest BCUT2D eigenvalue weighted by molar-refractivity contribution is 5.73. The number of aliphatic carboxylic acids is 2. The normalized spacial score (nSPS) is 14.4. The average Bonchev–Trinajstić information content (AvgIpc) is 2.09. The first-order valence-electron chi connectivity index (χ1n) is 6.41. The molecule has 0 aliphatic rings. The van der Waals surface area contributed by atoms with E-state index in [9.17, 15) is 19.5 Å². The van der Waals surface area contributed by atoms with Crippen molar-refractivity contribution in [3.63, 3.8) is 0 Å². The molecule has 0 fully saturated rings. The summed E-state index contributed by atoms with van der Waals surface area (Å²) in [7, 11) is 5.55. The molecule has 0 aromatic carbocycles. The third kappa shape index (κ3) is 10.3. The molecule has 7 heteroatoms. The lowest BCUT2D eigenvalue weighted by Crippen LogP contribution is -2.45. The van der Waals surface area contributed by atoms with Gasteiger partial charge in [0.25, 0.3) is 0 Å². The zero-order valence-corrected chi connectivity index (χ0v) is 12.4. The van der Waals surface area contributed by atoms with E-state index < -0.39 is 24.0 Å². The molecule has 1 N–H and O–H groups in total. The molecule has 0 amide bonds. The minimum absolute atomic E-state index is 0.0486. The second kappa shape index (κ2) is 7.84. The van der Waals surface area contributed by atoms with Gasteiger partial charge in [-0.1, -0.05) is 6.92 Å². The predicted molar refractivity (Wildman–Crippen MR) is 68.4 cm³/mol. The zero-order chi connectivity index (χ0) is 15.9. The van der Waals surface area contributed by atoms with Crippen molar-refractivity contribution >= 4 is 17.9 Å². The van der Waals surface area contributed by atoms with Crippen LogP contribution in [0, 0.1) is 5.92 Å². The van der Waals surface area contributed by atoms with Gasteiger partial charge in [0.15, 0.2) is 6.10 Å². The number of nitrogens with zero attached hydrogens (tertiary/aromatic N) is 1. The largest absolute Gasteiger partial charge is 0.550 e. The van der Waals surface area contributed by atoms with Gasteiger partial charge in [0.2, 0.25) is 0 Å². The van der Waals surface area contributed by atoms with Crippen molar-refractivity contribution in [2.75, 3.05) is 27.7 Å². The van der Waals surface area contributed by atoms with Crippen LogP contribution in [0.3, 0.4) is 0 Å². The molecule has 20 heavy (non-hydrogen) atoms. The zero-order valence-electron chi connectivity index (χ0n) is 12.4. The quantitative estimate of drug-likeness (QED) is 0.442. The second-order valence-electron chi connectivity index (χ2n) is 6.07. The van der Waals surface area contributed by atoms with Gasteiger partial charge in [-0.05, 0) is 5.92 Å². The van der Waals surface area contributed by atoms with Crippen molar-refractivity contribution in [1.29, 1.82) is 0 Å². The molecular weight excluding hydrogens is 266 g/mol. The summed E-state index contributed by atoms with van der Waals surface area (Å²) in [5, 5.41) is 19.3. The van der Waals surface area contributed by atoms with Gasteiger partial charge in [-0.15, -0.1) is 0 Å². The van der Waals surface area contributed by atoms with Crippen molar-refractivity contribution in [2.45, 2.75) is 32.3 Å². The molecule has 0 bridgehead atoms. The standard InChI is InChI=1S/C13H23NO6/c1-9(5-11(15)16)6-13(19)20-10(7-12(17)18)8-14(2,3)4/h9-10H,5-8H2,1-4H3,(H-,15,16,17,18)/t9?,10-/m1/s1. The molecule has 116 valence electrons. The van der Waals surface area contributed by atoms with Crippen LogP contribution in [0.25, 0.3) is 0 Å². The minimum atomic E-state index is -1.28.